The van der Waals surface area contributed by atoms with Gasteiger partial charge in [0.15, 0.2) is 17.8 Å². The number of nitrogens with one attached hydrogen (secondary N) is 2. The van der Waals surface area contributed by atoms with Gasteiger partial charge in [0, 0.05) is 31.4 Å². The number of rotatable bonds is 5. The molecule has 1 saturated heterocycles. The van der Waals surface area contributed by atoms with Crippen LogP contribution in [-0.2, 0) is 6.42 Å². The topological polar surface area (TPSA) is 104 Å². The van der Waals surface area contributed by atoms with Crippen LogP contribution in [0.4, 0.5) is 0 Å². The number of nitrogens with zero attached hydrogens (tertiary/aromatic N) is 3. The van der Waals surface area contributed by atoms with Gasteiger partial charge in [-0.05, 0) is 24.8 Å². The molecule has 8 heteroatoms. The molecule has 1 aliphatic heterocycles. The molecule has 0 bridgehead atoms. The SMILES string of the molecule is CCc1ocnc1C(=O)N1CCCC(CNC(=O)c2n[nH]c3ccccc23)C1. The molecule has 0 radical (unpaired) electrons. The first-order valence-electron chi connectivity index (χ1n) is 9.60. The van der Waals surface area contributed by atoms with Crippen molar-refractivity contribution < 1.29 is 14.0 Å². The first-order chi connectivity index (χ1) is 13.7. The summed E-state index contributed by atoms with van der Waals surface area (Å²) in [5.41, 5.74) is 1.63. The van der Waals surface area contributed by atoms with Crippen molar-refractivity contribution in [3.63, 3.8) is 0 Å². The summed E-state index contributed by atoms with van der Waals surface area (Å²) in [7, 11) is 0. The van der Waals surface area contributed by atoms with Gasteiger partial charge in [0.05, 0.1) is 5.52 Å². The van der Waals surface area contributed by atoms with Crippen LogP contribution in [0.25, 0.3) is 10.9 Å². The summed E-state index contributed by atoms with van der Waals surface area (Å²) >= 11 is 0. The van der Waals surface area contributed by atoms with Crippen LogP contribution in [0.3, 0.4) is 0 Å². The average Bonchev–Trinajstić information content (AvgIpc) is 3.38. The maximum Gasteiger partial charge on any atom is 0.276 e. The van der Waals surface area contributed by atoms with Crippen molar-refractivity contribution in [1.82, 2.24) is 25.4 Å². The Morgan fingerprint density at radius 2 is 2.18 bits per heavy atom. The molecule has 2 N–H and O–H groups in total. The molecule has 0 aliphatic carbocycles. The van der Waals surface area contributed by atoms with Gasteiger partial charge >= 0.3 is 0 Å². The van der Waals surface area contributed by atoms with Gasteiger partial charge in [0.25, 0.3) is 11.8 Å². The van der Waals surface area contributed by atoms with E-state index in [-0.39, 0.29) is 17.7 Å². The Labute approximate surface area is 162 Å². The first-order valence-corrected chi connectivity index (χ1v) is 9.60. The fourth-order valence-electron chi connectivity index (χ4n) is 3.72. The summed E-state index contributed by atoms with van der Waals surface area (Å²) in [6.07, 6.45) is 3.82. The minimum absolute atomic E-state index is 0.0973. The van der Waals surface area contributed by atoms with Crippen molar-refractivity contribution in [2.45, 2.75) is 26.2 Å². The van der Waals surface area contributed by atoms with Crippen LogP contribution < -0.4 is 5.32 Å². The van der Waals surface area contributed by atoms with E-state index >= 15 is 0 Å². The Bertz CT molecular complexity index is 993. The number of benzene rings is 1. The maximum atomic E-state index is 12.8. The predicted octanol–water partition coefficient (Wildman–Crippen LogP) is 2.40. The molecule has 1 aliphatic rings. The minimum atomic E-state index is -0.203. The number of amides is 2. The predicted molar refractivity (Wildman–Crippen MR) is 103 cm³/mol. The highest BCUT2D eigenvalue weighted by atomic mass is 16.3. The molecular weight excluding hydrogens is 358 g/mol. The zero-order valence-corrected chi connectivity index (χ0v) is 15.8. The number of H-pyrrole nitrogens is 1. The normalized spacial score (nSPS) is 17.0. The number of fused-ring (bicyclic) bond motifs is 1. The molecule has 2 amide bonds. The maximum absolute atomic E-state index is 12.8. The Morgan fingerprint density at radius 1 is 1.32 bits per heavy atom. The molecule has 1 unspecified atom stereocenters. The summed E-state index contributed by atoms with van der Waals surface area (Å²) < 4.78 is 5.28. The fourth-order valence-corrected chi connectivity index (χ4v) is 3.72. The lowest BCUT2D eigenvalue weighted by Crippen LogP contribution is -2.44. The molecular formula is C20H23N5O3. The van der Waals surface area contributed by atoms with Crippen molar-refractivity contribution in [3.8, 4) is 0 Å². The van der Waals surface area contributed by atoms with E-state index in [4.69, 9.17) is 4.42 Å². The summed E-state index contributed by atoms with van der Waals surface area (Å²) in [5, 5.41) is 10.8. The molecule has 8 nitrogen and oxygen atoms in total. The van der Waals surface area contributed by atoms with Crippen molar-refractivity contribution >= 4 is 22.7 Å². The Morgan fingerprint density at radius 3 is 3.04 bits per heavy atom. The third-order valence-corrected chi connectivity index (χ3v) is 5.21. The quantitative estimate of drug-likeness (QED) is 0.706. The first kappa shape index (κ1) is 18.2. The van der Waals surface area contributed by atoms with Gasteiger partial charge in [-0.15, -0.1) is 0 Å². The molecule has 0 saturated carbocycles. The van der Waals surface area contributed by atoms with Gasteiger partial charge in [-0.1, -0.05) is 25.1 Å². The second-order valence-corrected chi connectivity index (χ2v) is 7.06. The van der Waals surface area contributed by atoms with Gasteiger partial charge in [-0.3, -0.25) is 14.7 Å². The lowest BCUT2D eigenvalue weighted by atomic mass is 9.97. The zero-order chi connectivity index (χ0) is 19.5. The Hall–Kier alpha value is -3.16. The van der Waals surface area contributed by atoms with E-state index in [1.165, 1.54) is 6.39 Å². The highest BCUT2D eigenvalue weighted by molar-refractivity contribution is 6.04. The van der Waals surface area contributed by atoms with Gasteiger partial charge < -0.3 is 14.6 Å². The standard InChI is InChI=1S/C20H23N5O3/c1-2-16-18(22-12-28-16)20(27)25-9-5-6-13(11-25)10-21-19(26)17-14-7-3-4-8-15(14)23-24-17/h3-4,7-8,12-13H,2,5-6,9-11H2,1H3,(H,21,26)(H,23,24). The Kier molecular flexibility index (Phi) is 5.10. The number of para-hydroxylation sites is 1. The monoisotopic (exact) mass is 381 g/mol. The van der Waals surface area contributed by atoms with Crippen LogP contribution in [0.2, 0.25) is 0 Å². The van der Waals surface area contributed by atoms with Crippen molar-refractivity contribution in [2.24, 2.45) is 5.92 Å². The fraction of sp³-hybridized carbons (Fsp3) is 0.400. The second kappa shape index (κ2) is 7.84. The van der Waals surface area contributed by atoms with Crippen molar-refractivity contribution in [2.75, 3.05) is 19.6 Å². The average molecular weight is 381 g/mol. The molecule has 4 rings (SSSR count). The lowest BCUT2D eigenvalue weighted by molar-refractivity contribution is 0.0663. The molecule has 146 valence electrons. The molecule has 1 atom stereocenters. The number of oxazole rings is 1. The number of hydrogen-bond donors (Lipinski definition) is 2. The third kappa shape index (κ3) is 3.49. The number of aryl methyl sites for hydroxylation is 1. The van der Waals surface area contributed by atoms with Gasteiger partial charge in [0.2, 0.25) is 0 Å². The largest absolute Gasteiger partial charge is 0.448 e. The van der Waals surface area contributed by atoms with Crippen LogP contribution in [0, 0.1) is 5.92 Å². The molecule has 3 heterocycles. The number of aromatic nitrogens is 3. The van der Waals surface area contributed by atoms with E-state index in [0.29, 0.717) is 43.2 Å². The van der Waals surface area contributed by atoms with Crippen LogP contribution in [0.15, 0.2) is 35.1 Å². The number of likely N-dealkylation sites (tertiary alicyclic amines) is 1. The number of carbonyl (C=O) groups is 2. The molecule has 1 fully saturated rings. The number of carbonyl (C=O) groups excluding carboxylic acids is 2. The van der Waals surface area contributed by atoms with E-state index in [9.17, 15) is 9.59 Å². The summed E-state index contributed by atoms with van der Waals surface area (Å²) in [5.74, 6) is 0.514. The van der Waals surface area contributed by atoms with E-state index in [1.54, 1.807) is 4.90 Å². The molecule has 28 heavy (non-hydrogen) atoms. The molecule has 3 aromatic rings. The molecule has 2 aromatic heterocycles. The van der Waals surface area contributed by atoms with Gasteiger partial charge in [-0.2, -0.15) is 5.10 Å². The van der Waals surface area contributed by atoms with Crippen LogP contribution in [0.5, 0.6) is 0 Å². The highest BCUT2D eigenvalue weighted by Gasteiger charge is 2.28. The zero-order valence-electron chi connectivity index (χ0n) is 15.8. The van der Waals surface area contributed by atoms with E-state index in [0.717, 1.165) is 23.7 Å². The summed E-state index contributed by atoms with van der Waals surface area (Å²) in [6, 6.07) is 7.54. The summed E-state index contributed by atoms with van der Waals surface area (Å²) in [6.45, 7) is 3.73. The van der Waals surface area contributed by atoms with Gasteiger partial charge in [0.1, 0.15) is 5.76 Å². The van der Waals surface area contributed by atoms with Crippen molar-refractivity contribution in [1.29, 1.82) is 0 Å². The highest BCUT2D eigenvalue weighted by Crippen LogP contribution is 2.20. The molecule has 1 aromatic carbocycles. The van der Waals surface area contributed by atoms with Crippen LogP contribution >= 0.6 is 0 Å². The molecule has 0 spiro atoms. The van der Waals surface area contributed by atoms with Crippen LogP contribution in [-0.4, -0.2) is 51.5 Å². The number of aromatic amines is 1. The smallest absolute Gasteiger partial charge is 0.276 e. The van der Waals surface area contributed by atoms with E-state index < -0.39 is 0 Å². The van der Waals surface area contributed by atoms with Crippen LogP contribution in [0.1, 0.15) is 46.5 Å². The minimum Gasteiger partial charge on any atom is -0.448 e. The number of piperidine rings is 1. The summed E-state index contributed by atoms with van der Waals surface area (Å²) in [4.78, 5) is 31.2. The number of hydrogen-bond acceptors (Lipinski definition) is 5. The van der Waals surface area contributed by atoms with Gasteiger partial charge in [-0.25, -0.2) is 4.98 Å². The lowest BCUT2D eigenvalue weighted by Gasteiger charge is -2.32. The van der Waals surface area contributed by atoms with E-state index in [2.05, 4.69) is 20.5 Å². The third-order valence-electron chi connectivity index (χ3n) is 5.21. The Balaban J connectivity index is 1.37. The van der Waals surface area contributed by atoms with Crippen molar-refractivity contribution in [3.05, 3.63) is 47.8 Å². The van der Waals surface area contributed by atoms with E-state index in [1.807, 2.05) is 31.2 Å². The second-order valence-electron chi connectivity index (χ2n) is 7.06.